The minimum Gasteiger partial charge on any atom is -0.326 e. The lowest BCUT2D eigenvalue weighted by molar-refractivity contribution is -0.118. The Morgan fingerprint density at radius 1 is 1.00 bits per heavy atom. The maximum Gasteiger partial charge on any atom is 0.255 e. The molecule has 0 radical (unpaired) electrons. The summed E-state index contributed by atoms with van der Waals surface area (Å²) in [6.07, 6.45) is 0. The van der Waals surface area contributed by atoms with E-state index in [0.717, 1.165) is 5.56 Å². The van der Waals surface area contributed by atoms with Gasteiger partial charge < -0.3 is 10.6 Å². The van der Waals surface area contributed by atoms with Crippen molar-refractivity contribution in [2.45, 2.75) is 20.8 Å². The highest BCUT2D eigenvalue weighted by Crippen LogP contribution is 2.22. The number of carbonyl (C=O) groups excluding carboxylic acids is 2. The molecule has 7 heteroatoms. The van der Waals surface area contributed by atoms with Crippen LogP contribution in [0.1, 0.15) is 29.8 Å². The van der Waals surface area contributed by atoms with Crippen LogP contribution in [0.4, 0.5) is 11.4 Å². The number of amides is 2. The van der Waals surface area contributed by atoms with Crippen molar-refractivity contribution in [3.8, 4) is 0 Å². The molecule has 2 aromatic carbocycles. The Morgan fingerprint density at radius 3 is 2.52 bits per heavy atom. The molecule has 0 aliphatic carbocycles. The number of anilines is 2. The predicted molar refractivity (Wildman–Crippen MR) is 96.5 cm³/mol. The highest BCUT2D eigenvalue weighted by molar-refractivity contribution is 6.06. The van der Waals surface area contributed by atoms with Crippen molar-refractivity contribution >= 4 is 34.2 Å². The molecule has 3 aromatic rings. The number of fused-ring (bicyclic) bond motifs is 1. The minimum absolute atomic E-state index is 0.0717. The molecular weight excluding hydrogens is 318 g/mol. The number of rotatable bonds is 4. The molecule has 1 aromatic heterocycles. The van der Waals surface area contributed by atoms with Crippen LogP contribution in [0.25, 0.3) is 11.0 Å². The zero-order valence-electron chi connectivity index (χ0n) is 14.3. The lowest BCUT2D eigenvalue weighted by Gasteiger charge is -2.12. The summed E-state index contributed by atoms with van der Waals surface area (Å²) < 4.78 is 0. The van der Waals surface area contributed by atoms with E-state index in [1.165, 1.54) is 0 Å². The van der Waals surface area contributed by atoms with Gasteiger partial charge in [0.05, 0.1) is 0 Å². The molecule has 0 fully saturated rings. The van der Waals surface area contributed by atoms with Gasteiger partial charge in [0.15, 0.2) is 0 Å². The number of aryl methyl sites for hydroxylation is 1. The third kappa shape index (κ3) is 3.65. The molecule has 0 bridgehead atoms. The lowest BCUT2D eigenvalue weighted by atomic mass is 10.1. The molecule has 0 atom stereocenters. The minimum atomic E-state index is -0.250. The fourth-order valence-electron chi connectivity index (χ4n) is 2.30. The first-order chi connectivity index (χ1) is 11.9. The summed E-state index contributed by atoms with van der Waals surface area (Å²) in [5.74, 6) is -0.438. The highest BCUT2D eigenvalue weighted by Gasteiger charge is 2.12. The molecule has 0 unspecified atom stereocenters. The monoisotopic (exact) mass is 337 g/mol. The number of carbonyl (C=O) groups is 2. The van der Waals surface area contributed by atoms with Crippen molar-refractivity contribution in [1.29, 1.82) is 0 Å². The molecule has 0 aliphatic rings. The van der Waals surface area contributed by atoms with Crippen molar-refractivity contribution in [2.75, 3.05) is 10.6 Å². The second-order valence-corrected chi connectivity index (χ2v) is 6.15. The van der Waals surface area contributed by atoms with Crippen LogP contribution < -0.4 is 10.6 Å². The maximum atomic E-state index is 12.5. The van der Waals surface area contributed by atoms with Crippen molar-refractivity contribution < 1.29 is 9.59 Å². The third-order valence-electron chi connectivity index (χ3n) is 3.86. The summed E-state index contributed by atoms with van der Waals surface area (Å²) in [5, 5.41) is 16.2. The quantitative estimate of drug-likeness (QED) is 0.681. The Kier molecular flexibility index (Phi) is 4.47. The number of aromatic nitrogens is 3. The summed E-state index contributed by atoms with van der Waals surface area (Å²) in [7, 11) is 0. The number of hydrogen-bond acceptors (Lipinski definition) is 4. The van der Waals surface area contributed by atoms with E-state index in [1.807, 2.05) is 32.9 Å². The fraction of sp³-hybridized carbons (Fsp3) is 0.222. The number of nitrogens with one attached hydrogen (secondary N) is 3. The van der Waals surface area contributed by atoms with E-state index in [4.69, 9.17) is 0 Å². The molecule has 3 N–H and O–H groups in total. The number of H-pyrrole nitrogens is 1. The standard InChI is InChI=1S/C18H19N5O2/c1-10(2)17(24)19-13-6-4-11(3)15(9-13)20-18(25)12-5-7-14-16(8-12)22-23-21-14/h4-10H,1-3H3,(H,19,24)(H,20,25)(H,21,22,23). The van der Waals surface area contributed by atoms with Gasteiger partial charge in [-0.25, -0.2) is 0 Å². The van der Waals surface area contributed by atoms with Gasteiger partial charge in [-0.05, 0) is 42.8 Å². The van der Waals surface area contributed by atoms with E-state index in [0.29, 0.717) is 28.0 Å². The van der Waals surface area contributed by atoms with Gasteiger partial charge in [-0.1, -0.05) is 19.9 Å². The second-order valence-electron chi connectivity index (χ2n) is 6.15. The predicted octanol–water partition coefficient (Wildman–Crippen LogP) is 3.11. The van der Waals surface area contributed by atoms with Crippen LogP contribution in [0.3, 0.4) is 0 Å². The molecule has 128 valence electrons. The van der Waals surface area contributed by atoms with Crippen LogP contribution in [0, 0.1) is 12.8 Å². The van der Waals surface area contributed by atoms with Gasteiger partial charge in [-0.2, -0.15) is 15.4 Å². The molecule has 2 amide bonds. The molecular formula is C18H19N5O2. The highest BCUT2D eigenvalue weighted by atomic mass is 16.2. The van der Waals surface area contributed by atoms with E-state index in [-0.39, 0.29) is 17.7 Å². The first-order valence-corrected chi connectivity index (χ1v) is 7.97. The van der Waals surface area contributed by atoms with Gasteiger partial charge in [0.25, 0.3) is 5.91 Å². The maximum absolute atomic E-state index is 12.5. The summed E-state index contributed by atoms with van der Waals surface area (Å²) in [5.41, 5.74) is 4.00. The van der Waals surface area contributed by atoms with Crippen molar-refractivity contribution in [1.82, 2.24) is 15.4 Å². The molecule has 7 nitrogen and oxygen atoms in total. The van der Waals surface area contributed by atoms with Crippen molar-refractivity contribution in [3.63, 3.8) is 0 Å². The van der Waals surface area contributed by atoms with Crippen LogP contribution >= 0.6 is 0 Å². The molecule has 1 heterocycles. The van der Waals surface area contributed by atoms with Gasteiger partial charge in [-0.15, -0.1) is 0 Å². The van der Waals surface area contributed by atoms with E-state index >= 15 is 0 Å². The largest absolute Gasteiger partial charge is 0.326 e. The number of hydrogen-bond donors (Lipinski definition) is 3. The summed E-state index contributed by atoms with van der Waals surface area (Å²) >= 11 is 0. The van der Waals surface area contributed by atoms with Crippen molar-refractivity contribution in [3.05, 3.63) is 47.5 Å². The van der Waals surface area contributed by atoms with Gasteiger partial charge in [0.2, 0.25) is 5.91 Å². The first kappa shape index (κ1) is 16.6. The summed E-state index contributed by atoms with van der Waals surface area (Å²) in [4.78, 5) is 24.4. The van der Waals surface area contributed by atoms with E-state index in [2.05, 4.69) is 26.0 Å². The Balaban J connectivity index is 1.81. The SMILES string of the molecule is Cc1ccc(NC(=O)C(C)C)cc1NC(=O)c1ccc2n[nH]nc2c1. The Hall–Kier alpha value is -3.22. The topological polar surface area (TPSA) is 99.8 Å². The molecule has 0 spiro atoms. The van der Waals surface area contributed by atoms with Crippen LogP contribution in [-0.2, 0) is 4.79 Å². The van der Waals surface area contributed by atoms with Crippen LogP contribution in [0.15, 0.2) is 36.4 Å². The molecule has 0 saturated heterocycles. The van der Waals surface area contributed by atoms with E-state index in [9.17, 15) is 9.59 Å². The van der Waals surface area contributed by atoms with E-state index < -0.39 is 0 Å². The van der Waals surface area contributed by atoms with Crippen LogP contribution in [-0.4, -0.2) is 27.2 Å². The molecule has 25 heavy (non-hydrogen) atoms. The average Bonchev–Trinajstić information content (AvgIpc) is 3.05. The molecule has 3 rings (SSSR count). The third-order valence-corrected chi connectivity index (χ3v) is 3.86. The summed E-state index contributed by atoms with van der Waals surface area (Å²) in [6, 6.07) is 10.5. The number of benzene rings is 2. The van der Waals surface area contributed by atoms with Gasteiger partial charge >= 0.3 is 0 Å². The smallest absolute Gasteiger partial charge is 0.255 e. The first-order valence-electron chi connectivity index (χ1n) is 7.97. The summed E-state index contributed by atoms with van der Waals surface area (Å²) in [6.45, 7) is 5.54. The Labute approximate surface area is 144 Å². The number of aromatic amines is 1. The van der Waals surface area contributed by atoms with Gasteiger partial charge in [0, 0.05) is 22.9 Å². The second kappa shape index (κ2) is 6.72. The zero-order chi connectivity index (χ0) is 18.0. The molecule has 0 aliphatic heterocycles. The Bertz CT molecular complexity index is 946. The van der Waals surface area contributed by atoms with Gasteiger partial charge in [-0.3, -0.25) is 9.59 Å². The fourth-order valence-corrected chi connectivity index (χ4v) is 2.30. The normalized spacial score (nSPS) is 10.9. The molecule has 0 saturated carbocycles. The van der Waals surface area contributed by atoms with Crippen molar-refractivity contribution in [2.24, 2.45) is 5.92 Å². The average molecular weight is 337 g/mol. The zero-order valence-corrected chi connectivity index (χ0v) is 14.3. The van der Waals surface area contributed by atoms with Crippen LogP contribution in [0.5, 0.6) is 0 Å². The van der Waals surface area contributed by atoms with Gasteiger partial charge in [0.1, 0.15) is 11.0 Å². The number of nitrogens with zero attached hydrogens (tertiary/aromatic N) is 2. The Morgan fingerprint density at radius 2 is 1.76 bits per heavy atom. The van der Waals surface area contributed by atoms with E-state index in [1.54, 1.807) is 24.3 Å². The lowest BCUT2D eigenvalue weighted by Crippen LogP contribution is -2.18. The van der Waals surface area contributed by atoms with Crippen LogP contribution in [0.2, 0.25) is 0 Å².